The summed E-state index contributed by atoms with van der Waals surface area (Å²) in [5, 5.41) is 8.81. The van der Waals surface area contributed by atoms with Crippen molar-refractivity contribution >= 4 is 34.8 Å². The lowest BCUT2D eigenvalue weighted by molar-refractivity contribution is -0.120. The average Bonchev–Trinajstić information content (AvgIpc) is 2.79. The van der Waals surface area contributed by atoms with E-state index in [-0.39, 0.29) is 16.9 Å². The summed E-state index contributed by atoms with van der Waals surface area (Å²) in [6.07, 6.45) is 0.865. The molecule has 31 heavy (non-hydrogen) atoms. The van der Waals surface area contributed by atoms with Crippen LogP contribution >= 0.6 is 12.2 Å². The van der Waals surface area contributed by atoms with Gasteiger partial charge in [-0.25, -0.2) is 0 Å². The van der Waals surface area contributed by atoms with Gasteiger partial charge in [0, 0.05) is 17.8 Å². The van der Waals surface area contributed by atoms with E-state index in [4.69, 9.17) is 12.2 Å². The Kier molecular flexibility index (Phi) is 7.90. The monoisotopic (exact) mass is 431 g/mol. The third-order valence-electron chi connectivity index (χ3n) is 4.68. The maximum Gasteiger partial charge on any atom is 0.251 e. The van der Waals surface area contributed by atoms with E-state index in [0.29, 0.717) is 17.8 Å². The molecule has 0 unspecified atom stereocenters. The summed E-state index contributed by atoms with van der Waals surface area (Å²) in [6, 6.07) is 26.1. The first-order valence-electron chi connectivity index (χ1n) is 10.2. The average molecular weight is 432 g/mol. The summed E-state index contributed by atoms with van der Waals surface area (Å²) in [7, 11) is 0. The van der Waals surface area contributed by atoms with Crippen LogP contribution < -0.4 is 16.0 Å². The minimum Gasteiger partial charge on any atom is -0.352 e. The van der Waals surface area contributed by atoms with Gasteiger partial charge in [-0.05, 0) is 48.0 Å². The molecule has 0 saturated heterocycles. The lowest BCUT2D eigenvalue weighted by Crippen LogP contribution is -2.38. The third kappa shape index (κ3) is 6.23. The Bertz CT molecular complexity index is 999. The zero-order valence-electron chi connectivity index (χ0n) is 17.3. The van der Waals surface area contributed by atoms with Crippen LogP contribution in [0.4, 0.5) is 5.69 Å². The fraction of sp³-hybridized carbons (Fsp3) is 0.160. The molecule has 0 radical (unpaired) electrons. The number of hydrogen-bond acceptors (Lipinski definition) is 3. The highest BCUT2D eigenvalue weighted by Gasteiger charge is 2.23. The molecule has 0 bridgehead atoms. The molecule has 3 aromatic rings. The Morgan fingerprint density at radius 1 is 0.871 bits per heavy atom. The number of nitrogens with one attached hydrogen (secondary N) is 3. The summed E-state index contributed by atoms with van der Waals surface area (Å²) in [5.74, 6) is -0.867. The van der Waals surface area contributed by atoms with Crippen LogP contribution in [0, 0.1) is 0 Å². The van der Waals surface area contributed by atoms with E-state index in [1.165, 1.54) is 0 Å². The molecule has 0 aliphatic heterocycles. The van der Waals surface area contributed by atoms with Crippen molar-refractivity contribution in [2.24, 2.45) is 0 Å². The summed E-state index contributed by atoms with van der Waals surface area (Å²) < 4.78 is 0. The number of anilines is 1. The summed E-state index contributed by atoms with van der Waals surface area (Å²) >= 11 is 5.37. The Balaban J connectivity index is 1.72. The third-order valence-corrected chi connectivity index (χ3v) is 4.89. The number of rotatable bonds is 7. The van der Waals surface area contributed by atoms with Crippen molar-refractivity contribution in [1.29, 1.82) is 0 Å². The lowest BCUT2D eigenvalue weighted by atomic mass is 9.90. The molecule has 6 heteroatoms. The zero-order chi connectivity index (χ0) is 22.1. The molecule has 0 atom stereocenters. The van der Waals surface area contributed by atoms with Crippen molar-refractivity contribution in [2.75, 3.05) is 11.9 Å². The van der Waals surface area contributed by atoms with Crippen molar-refractivity contribution in [3.63, 3.8) is 0 Å². The first kappa shape index (κ1) is 22.2. The molecule has 0 heterocycles. The van der Waals surface area contributed by atoms with E-state index >= 15 is 0 Å². The molecular formula is C25H25N3O2S. The van der Waals surface area contributed by atoms with Gasteiger partial charge in [-0.2, -0.15) is 0 Å². The quantitative estimate of drug-likeness (QED) is 0.483. The van der Waals surface area contributed by atoms with Gasteiger partial charge in [0.25, 0.3) is 5.91 Å². The van der Waals surface area contributed by atoms with Crippen LogP contribution in [0.2, 0.25) is 0 Å². The Hall–Kier alpha value is -3.51. The van der Waals surface area contributed by atoms with Crippen LogP contribution in [-0.4, -0.2) is 23.5 Å². The van der Waals surface area contributed by atoms with E-state index in [1.54, 1.807) is 24.3 Å². The fourth-order valence-electron chi connectivity index (χ4n) is 3.21. The second kappa shape index (κ2) is 11.0. The molecule has 0 aliphatic rings. The smallest absolute Gasteiger partial charge is 0.251 e. The molecule has 0 fully saturated rings. The maximum atomic E-state index is 13.1. The molecule has 0 aliphatic carbocycles. The van der Waals surface area contributed by atoms with Crippen molar-refractivity contribution in [2.45, 2.75) is 19.3 Å². The van der Waals surface area contributed by atoms with Crippen LogP contribution in [0.3, 0.4) is 0 Å². The first-order chi connectivity index (χ1) is 15.1. The highest BCUT2D eigenvalue weighted by molar-refractivity contribution is 7.80. The first-order valence-corrected chi connectivity index (χ1v) is 10.6. The number of amides is 2. The minimum atomic E-state index is -0.492. The van der Waals surface area contributed by atoms with E-state index in [0.717, 1.165) is 17.5 Å². The molecule has 0 saturated carbocycles. The number of carbonyl (C=O) groups excluding carboxylic acids is 2. The number of hydrogen-bond donors (Lipinski definition) is 3. The van der Waals surface area contributed by atoms with E-state index < -0.39 is 5.92 Å². The van der Waals surface area contributed by atoms with Crippen LogP contribution in [0.25, 0.3) is 0 Å². The molecule has 3 rings (SSSR count). The Morgan fingerprint density at radius 2 is 1.48 bits per heavy atom. The summed E-state index contributed by atoms with van der Waals surface area (Å²) in [5.41, 5.74) is 2.91. The summed E-state index contributed by atoms with van der Waals surface area (Å²) in [6.45, 7) is 2.61. The number of benzene rings is 3. The highest BCUT2D eigenvalue weighted by Crippen LogP contribution is 2.24. The second-order valence-corrected chi connectivity index (χ2v) is 7.44. The zero-order valence-corrected chi connectivity index (χ0v) is 18.1. The molecule has 3 aromatic carbocycles. The largest absolute Gasteiger partial charge is 0.352 e. The molecule has 0 aromatic heterocycles. The second-order valence-electron chi connectivity index (χ2n) is 7.03. The van der Waals surface area contributed by atoms with Gasteiger partial charge in [0.15, 0.2) is 5.11 Å². The van der Waals surface area contributed by atoms with Crippen LogP contribution in [0.1, 0.15) is 40.7 Å². The molecule has 0 spiro atoms. The van der Waals surface area contributed by atoms with Crippen LogP contribution in [-0.2, 0) is 4.79 Å². The fourth-order valence-corrected chi connectivity index (χ4v) is 3.43. The lowest BCUT2D eigenvalue weighted by Gasteiger charge is -2.19. The maximum absolute atomic E-state index is 13.1. The van der Waals surface area contributed by atoms with Crippen molar-refractivity contribution in [3.8, 4) is 0 Å². The van der Waals surface area contributed by atoms with Crippen molar-refractivity contribution in [1.82, 2.24) is 10.6 Å². The van der Waals surface area contributed by atoms with E-state index in [9.17, 15) is 9.59 Å². The topological polar surface area (TPSA) is 70.2 Å². The predicted octanol–water partition coefficient (Wildman–Crippen LogP) is 4.47. The van der Waals surface area contributed by atoms with Crippen LogP contribution in [0.5, 0.6) is 0 Å². The number of carbonyl (C=O) groups is 2. The Morgan fingerprint density at radius 3 is 2.06 bits per heavy atom. The molecule has 5 nitrogen and oxygen atoms in total. The summed E-state index contributed by atoms with van der Waals surface area (Å²) in [4.78, 5) is 25.3. The molecular weight excluding hydrogens is 406 g/mol. The predicted molar refractivity (Wildman–Crippen MR) is 128 cm³/mol. The normalized spacial score (nSPS) is 10.4. The van der Waals surface area contributed by atoms with E-state index in [2.05, 4.69) is 16.0 Å². The Labute approximate surface area is 187 Å². The van der Waals surface area contributed by atoms with E-state index in [1.807, 2.05) is 67.6 Å². The molecule has 158 valence electrons. The SMILES string of the molecule is CCCNC(=O)c1cccc(NC(=S)NC(=O)C(c2ccccc2)c2ccccc2)c1. The van der Waals surface area contributed by atoms with Gasteiger partial charge < -0.3 is 16.0 Å². The highest BCUT2D eigenvalue weighted by atomic mass is 32.1. The van der Waals surface area contributed by atoms with Gasteiger partial charge in [-0.3, -0.25) is 9.59 Å². The number of thiocarbonyl (C=S) groups is 1. The van der Waals surface area contributed by atoms with Gasteiger partial charge in [0.2, 0.25) is 5.91 Å². The minimum absolute atomic E-state index is 0.145. The van der Waals surface area contributed by atoms with Gasteiger partial charge in [-0.1, -0.05) is 73.7 Å². The van der Waals surface area contributed by atoms with Gasteiger partial charge in [0.05, 0.1) is 5.92 Å². The van der Waals surface area contributed by atoms with Gasteiger partial charge >= 0.3 is 0 Å². The van der Waals surface area contributed by atoms with Gasteiger partial charge in [0.1, 0.15) is 0 Å². The van der Waals surface area contributed by atoms with Crippen LogP contribution in [0.15, 0.2) is 84.9 Å². The van der Waals surface area contributed by atoms with Gasteiger partial charge in [-0.15, -0.1) is 0 Å². The molecule has 2 amide bonds. The molecule has 3 N–H and O–H groups in total. The standard InChI is InChI=1S/C25H25N3O2S/c1-2-16-26-23(29)20-14-9-15-21(17-20)27-25(31)28-24(30)22(18-10-5-3-6-11-18)19-12-7-4-8-13-19/h3-15,17,22H,2,16H2,1H3,(H,26,29)(H2,27,28,30,31). The van der Waals surface area contributed by atoms with Crippen molar-refractivity contribution in [3.05, 3.63) is 102 Å². The van der Waals surface area contributed by atoms with Crippen molar-refractivity contribution < 1.29 is 9.59 Å².